The van der Waals surface area contributed by atoms with Crippen LogP contribution in [0.5, 0.6) is 0 Å². The second-order valence-electron chi connectivity index (χ2n) is 2.19. The highest BCUT2D eigenvalue weighted by Crippen LogP contribution is 2.06. The fourth-order valence-corrected chi connectivity index (χ4v) is 0.631. The van der Waals surface area contributed by atoms with Gasteiger partial charge in [-0.25, -0.2) is 0 Å². The molecule has 5 N–H and O–H groups in total. The first-order valence-electron chi connectivity index (χ1n) is 3.22. The second kappa shape index (κ2) is 3.18. The highest BCUT2D eigenvalue weighted by Gasteiger charge is 2.04. The van der Waals surface area contributed by atoms with Gasteiger partial charge in [-0.15, -0.1) is 0 Å². The highest BCUT2D eigenvalue weighted by molar-refractivity contribution is 5.38. The summed E-state index contributed by atoms with van der Waals surface area (Å²) >= 11 is 0. The number of aliphatic hydroxyl groups excluding tert-OH is 1. The standard InChI is InChI=1S/C5H10N6O/c1-11(2-12)5-9-3(6)8-4(7)10-5/h12H,2H2,1H3,(H4,6,7,8,9,10). The molecule has 1 aromatic heterocycles. The van der Waals surface area contributed by atoms with Crippen molar-refractivity contribution in [3.8, 4) is 0 Å². The first-order valence-corrected chi connectivity index (χ1v) is 3.22. The van der Waals surface area contributed by atoms with E-state index in [1.807, 2.05) is 0 Å². The van der Waals surface area contributed by atoms with Gasteiger partial charge in [0.1, 0.15) is 6.73 Å². The molecule has 0 bridgehead atoms. The van der Waals surface area contributed by atoms with Crippen LogP contribution in [0.15, 0.2) is 0 Å². The number of aliphatic hydroxyl groups is 1. The molecule has 0 radical (unpaired) electrons. The maximum atomic E-state index is 8.71. The van der Waals surface area contributed by atoms with Gasteiger partial charge in [0.15, 0.2) is 0 Å². The van der Waals surface area contributed by atoms with E-state index in [1.165, 1.54) is 4.90 Å². The Morgan fingerprint density at radius 1 is 1.25 bits per heavy atom. The van der Waals surface area contributed by atoms with E-state index in [2.05, 4.69) is 15.0 Å². The van der Waals surface area contributed by atoms with E-state index < -0.39 is 0 Å². The van der Waals surface area contributed by atoms with Crippen LogP contribution in [-0.4, -0.2) is 33.8 Å². The predicted molar refractivity (Wildman–Crippen MR) is 44.1 cm³/mol. The molecule has 7 heteroatoms. The van der Waals surface area contributed by atoms with Gasteiger partial charge >= 0.3 is 0 Å². The van der Waals surface area contributed by atoms with Crippen molar-refractivity contribution in [3.05, 3.63) is 0 Å². The van der Waals surface area contributed by atoms with Gasteiger partial charge in [-0.3, -0.25) is 0 Å². The number of nitrogens with zero attached hydrogens (tertiary/aromatic N) is 4. The predicted octanol–water partition coefficient (Wildman–Crippen LogP) is -1.58. The largest absolute Gasteiger partial charge is 0.376 e. The molecule has 0 fully saturated rings. The molecule has 0 aliphatic rings. The Morgan fingerprint density at radius 3 is 2.17 bits per heavy atom. The summed E-state index contributed by atoms with van der Waals surface area (Å²) in [6.45, 7) is -0.205. The average molecular weight is 170 g/mol. The molecule has 0 saturated heterocycles. The van der Waals surface area contributed by atoms with Crippen molar-refractivity contribution in [3.63, 3.8) is 0 Å². The van der Waals surface area contributed by atoms with Crippen LogP contribution in [0.2, 0.25) is 0 Å². The lowest BCUT2D eigenvalue weighted by atomic mass is 10.7. The van der Waals surface area contributed by atoms with Gasteiger partial charge in [0.25, 0.3) is 0 Å². The van der Waals surface area contributed by atoms with Crippen molar-refractivity contribution < 1.29 is 5.11 Å². The Balaban J connectivity index is 3.00. The van der Waals surface area contributed by atoms with Gasteiger partial charge in [0, 0.05) is 7.05 Å². The number of rotatable bonds is 2. The van der Waals surface area contributed by atoms with E-state index in [0.717, 1.165) is 0 Å². The number of nitrogens with two attached hydrogens (primary N) is 2. The van der Waals surface area contributed by atoms with Crippen molar-refractivity contribution >= 4 is 17.8 Å². The molecule has 0 unspecified atom stereocenters. The van der Waals surface area contributed by atoms with Crippen LogP contribution in [-0.2, 0) is 0 Å². The van der Waals surface area contributed by atoms with Crippen LogP contribution in [0.25, 0.3) is 0 Å². The molecule has 66 valence electrons. The third-order valence-corrected chi connectivity index (χ3v) is 1.21. The SMILES string of the molecule is CN(CO)c1nc(N)nc(N)n1. The lowest BCUT2D eigenvalue weighted by molar-refractivity contribution is 0.296. The molecule has 0 saturated carbocycles. The van der Waals surface area contributed by atoms with Crippen LogP contribution < -0.4 is 16.4 Å². The summed E-state index contributed by atoms with van der Waals surface area (Å²) in [5.41, 5.74) is 10.6. The van der Waals surface area contributed by atoms with Gasteiger partial charge in [-0.1, -0.05) is 0 Å². The van der Waals surface area contributed by atoms with Gasteiger partial charge in [0.2, 0.25) is 17.8 Å². The van der Waals surface area contributed by atoms with Gasteiger partial charge in [0.05, 0.1) is 0 Å². The Bertz CT molecular complexity index is 256. The van der Waals surface area contributed by atoms with Crippen LogP contribution in [0.4, 0.5) is 17.8 Å². The number of hydrogen-bond donors (Lipinski definition) is 3. The average Bonchev–Trinajstić information content (AvgIpc) is 2.01. The highest BCUT2D eigenvalue weighted by atomic mass is 16.3. The maximum absolute atomic E-state index is 8.71. The van der Waals surface area contributed by atoms with E-state index in [9.17, 15) is 0 Å². The fraction of sp³-hybridized carbons (Fsp3) is 0.400. The number of hydrogen-bond acceptors (Lipinski definition) is 7. The number of nitrogen functional groups attached to an aromatic ring is 2. The van der Waals surface area contributed by atoms with E-state index in [-0.39, 0.29) is 24.6 Å². The Hall–Kier alpha value is -1.63. The van der Waals surface area contributed by atoms with Gasteiger partial charge in [-0.2, -0.15) is 15.0 Å². The minimum absolute atomic E-state index is 0.0396. The summed E-state index contributed by atoms with van der Waals surface area (Å²) in [7, 11) is 1.61. The van der Waals surface area contributed by atoms with Crippen LogP contribution >= 0.6 is 0 Å². The lowest BCUT2D eigenvalue weighted by Gasteiger charge is -2.12. The normalized spacial score (nSPS) is 9.83. The Kier molecular flexibility index (Phi) is 2.24. The molecule has 0 atom stereocenters. The zero-order valence-electron chi connectivity index (χ0n) is 6.60. The van der Waals surface area contributed by atoms with Crippen molar-refractivity contribution in [1.29, 1.82) is 0 Å². The third kappa shape index (κ3) is 1.70. The number of anilines is 3. The first-order chi connectivity index (χ1) is 5.63. The quantitative estimate of drug-likeness (QED) is 0.459. The number of aromatic nitrogens is 3. The van der Waals surface area contributed by atoms with E-state index in [1.54, 1.807) is 7.05 Å². The molecule has 0 aliphatic heterocycles. The second-order valence-corrected chi connectivity index (χ2v) is 2.19. The summed E-state index contributed by atoms with van der Waals surface area (Å²) in [5.74, 6) is 0.332. The molecule has 1 rings (SSSR count). The van der Waals surface area contributed by atoms with Crippen molar-refractivity contribution in [1.82, 2.24) is 15.0 Å². The van der Waals surface area contributed by atoms with Crippen molar-refractivity contribution in [2.75, 3.05) is 30.1 Å². The van der Waals surface area contributed by atoms with Gasteiger partial charge < -0.3 is 21.5 Å². The summed E-state index contributed by atoms with van der Waals surface area (Å²) in [6, 6.07) is 0. The van der Waals surface area contributed by atoms with E-state index >= 15 is 0 Å². The van der Waals surface area contributed by atoms with Crippen molar-refractivity contribution in [2.45, 2.75) is 0 Å². The molecular weight excluding hydrogens is 160 g/mol. The van der Waals surface area contributed by atoms with Crippen LogP contribution in [0.1, 0.15) is 0 Å². The topological polar surface area (TPSA) is 114 Å². The Labute approximate surface area is 69.1 Å². The molecule has 0 amide bonds. The molecule has 0 aliphatic carbocycles. The third-order valence-electron chi connectivity index (χ3n) is 1.21. The molecular formula is C5H10N6O. The summed E-state index contributed by atoms with van der Waals surface area (Å²) in [5, 5.41) is 8.71. The zero-order chi connectivity index (χ0) is 9.14. The minimum atomic E-state index is -0.205. The smallest absolute Gasteiger partial charge is 0.233 e. The fourth-order valence-electron chi connectivity index (χ4n) is 0.631. The molecule has 0 aromatic carbocycles. The molecule has 7 nitrogen and oxygen atoms in total. The van der Waals surface area contributed by atoms with E-state index in [0.29, 0.717) is 0 Å². The molecule has 1 heterocycles. The first kappa shape index (κ1) is 8.47. The van der Waals surface area contributed by atoms with E-state index in [4.69, 9.17) is 16.6 Å². The van der Waals surface area contributed by atoms with Gasteiger partial charge in [-0.05, 0) is 0 Å². The van der Waals surface area contributed by atoms with Crippen LogP contribution in [0.3, 0.4) is 0 Å². The zero-order valence-corrected chi connectivity index (χ0v) is 6.60. The molecule has 1 aromatic rings. The summed E-state index contributed by atoms with van der Waals surface area (Å²) in [6.07, 6.45) is 0. The molecule has 0 spiro atoms. The summed E-state index contributed by atoms with van der Waals surface area (Å²) in [4.78, 5) is 12.5. The van der Waals surface area contributed by atoms with Crippen LogP contribution in [0, 0.1) is 0 Å². The molecule has 12 heavy (non-hydrogen) atoms. The monoisotopic (exact) mass is 170 g/mol. The minimum Gasteiger partial charge on any atom is -0.376 e. The Morgan fingerprint density at radius 2 is 1.75 bits per heavy atom. The lowest BCUT2D eigenvalue weighted by Crippen LogP contribution is -2.22. The van der Waals surface area contributed by atoms with Crippen molar-refractivity contribution in [2.24, 2.45) is 0 Å². The maximum Gasteiger partial charge on any atom is 0.233 e. The summed E-state index contributed by atoms with van der Waals surface area (Å²) < 4.78 is 0.